The molecule has 2 heteroatoms. The summed E-state index contributed by atoms with van der Waals surface area (Å²) < 4.78 is 0. The molecule has 2 nitrogen and oxygen atoms in total. The van der Waals surface area contributed by atoms with Gasteiger partial charge in [0.25, 0.3) is 0 Å². The van der Waals surface area contributed by atoms with Gasteiger partial charge in [0.15, 0.2) is 0 Å². The van der Waals surface area contributed by atoms with Crippen LogP contribution in [0.4, 0.5) is 0 Å². The molecule has 0 unspecified atom stereocenters. The topological polar surface area (TPSA) is 40.5 Å². The molecule has 1 saturated carbocycles. The van der Waals surface area contributed by atoms with E-state index in [4.69, 9.17) is 5.11 Å². The summed E-state index contributed by atoms with van der Waals surface area (Å²) in [6, 6.07) is 0. The number of hydrogen-bond acceptors (Lipinski definition) is 2. The fraction of sp³-hybridized carbons (Fsp3) is 0.800. The zero-order chi connectivity index (χ0) is 9.03. The average Bonchev–Trinajstić information content (AvgIpc) is 2.03. The largest absolute Gasteiger partial charge is 0.381 e. The van der Waals surface area contributed by atoms with E-state index in [1.54, 1.807) is 6.92 Å². The van der Waals surface area contributed by atoms with Crippen molar-refractivity contribution in [2.75, 3.05) is 0 Å². The second kappa shape index (κ2) is 3.93. The molecule has 1 fully saturated rings. The van der Waals surface area contributed by atoms with E-state index in [0.29, 0.717) is 0 Å². The first kappa shape index (κ1) is 9.57. The Labute approximate surface area is 73.6 Å². The lowest BCUT2D eigenvalue weighted by Gasteiger charge is -2.26. The molecule has 0 aromatic rings. The minimum absolute atomic E-state index is 0.629. The molecule has 0 bridgehead atoms. The number of aliphatic hydroxyl groups is 2. The summed E-state index contributed by atoms with van der Waals surface area (Å²) in [5, 5.41) is 18.7. The van der Waals surface area contributed by atoms with E-state index in [0.717, 1.165) is 25.7 Å². The quantitative estimate of drug-likeness (QED) is 0.531. The molecule has 0 aromatic heterocycles. The van der Waals surface area contributed by atoms with Gasteiger partial charge in [-0.05, 0) is 32.6 Å². The van der Waals surface area contributed by atoms with Gasteiger partial charge in [0.05, 0.1) is 0 Å². The summed E-state index contributed by atoms with van der Waals surface area (Å²) in [4.78, 5) is 0. The molecule has 68 valence electrons. The van der Waals surface area contributed by atoms with Crippen LogP contribution in [-0.4, -0.2) is 21.9 Å². The predicted molar refractivity (Wildman–Crippen MR) is 47.5 cm³/mol. The van der Waals surface area contributed by atoms with Gasteiger partial charge in [0.1, 0.15) is 11.7 Å². The Hall–Kier alpha value is -0.520. The van der Waals surface area contributed by atoms with Crippen molar-refractivity contribution in [3.8, 4) is 11.8 Å². The highest BCUT2D eigenvalue weighted by molar-refractivity contribution is 5.16. The maximum Gasteiger partial charge on any atom is 0.125 e. The molecule has 0 aliphatic heterocycles. The van der Waals surface area contributed by atoms with Crippen molar-refractivity contribution in [1.29, 1.82) is 0 Å². The SMILES string of the molecule is C[C@@H](O)C#CC1(O)CCCCC1. The highest BCUT2D eigenvalue weighted by atomic mass is 16.3. The van der Waals surface area contributed by atoms with Gasteiger partial charge in [-0.1, -0.05) is 18.3 Å². The molecule has 0 radical (unpaired) electrons. The maximum absolute atomic E-state index is 9.84. The molecule has 12 heavy (non-hydrogen) atoms. The Morgan fingerprint density at radius 2 is 1.83 bits per heavy atom. The predicted octanol–water partition coefficient (Wildman–Crippen LogP) is 1.07. The van der Waals surface area contributed by atoms with Crippen molar-refractivity contribution >= 4 is 0 Å². The Bertz CT molecular complexity index is 192. The Kier molecular flexibility index (Phi) is 3.13. The minimum atomic E-state index is -0.810. The van der Waals surface area contributed by atoms with Crippen LogP contribution < -0.4 is 0 Å². The van der Waals surface area contributed by atoms with Gasteiger partial charge in [-0.2, -0.15) is 0 Å². The van der Waals surface area contributed by atoms with Gasteiger partial charge >= 0.3 is 0 Å². The summed E-state index contributed by atoms with van der Waals surface area (Å²) in [7, 11) is 0. The number of hydrogen-bond donors (Lipinski definition) is 2. The molecule has 1 rings (SSSR count). The van der Waals surface area contributed by atoms with E-state index in [1.165, 1.54) is 6.42 Å². The molecule has 0 saturated heterocycles. The second-order valence-corrected chi connectivity index (χ2v) is 3.54. The molecular formula is C10H16O2. The summed E-state index contributed by atoms with van der Waals surface area (Å²) in [6.45, 7) is 1.61. The van der Waals surface area contributed by atoms with Gasteiger partial charge in [0.2, 0.25) is 0 Å². The first-order valence-corrected chi connectivity index (χ1v) is 4.55. The summed E-state index contributed by atoms with van der Waals surface area (Å²) in [5.41, 5.74) is -0.810. The monoisotopic (exact) mass is 168 g/mol. The molecular weight excluding hydrogens is 152 g/mol. The van der Waals surface area contributed by atoms with E-state index in [2.05, 4.69) is 11.8 Å². The van der Waals surface area contributed by atoms with Gasteiger partial charge in [-0.3, -0.25) is 0 Å². The van der Waals surface area contributed by atoms with E-state index >= 15 is 0 Å². The van der Waals surface area contributed by atoms with Gasteiger partial charge < -0.3 is 10.2 Å². The lowest BCUT2D eigenvalue weighted by atomic mass is 9.85. The van der Waals surface area contributed by atoms with Crippen molar-refractivity contribution in [1.82, 2.24) is 0 Å². The number of rotatable bonds is 0. The van der Waals surface area contributed by atoms with Crippen LogP contribution >= 0.6 is 0 Å². The molecule has 1 aliphatic rings. The summed E-state index contributed by atoms with van der Waals surface area (Å²) in [6.07, 6.45) is 4.17. The highest BCUT2D eigenvalue weighted by Gasteiger charge is 2.26. The van der Waals surface area contributed by atoms with Crippen LogP contribution in [0, 0.1) is 11.8 Å². The average molecular weight is 168 g/mol. The fourth-order valence-electron chi connectivity index (χ4n) is 1.50. The second-order valence-electron chi connectivity index (χ2n) is 3.54. The molecule has 0 amide bonds. The Morgan fingerprint density at radius 3 is 2.33 bits per heavy atom. The lowest BCUT2D eigenvalue weighted by Crippen LogP contribution is -2.29. The van der Waals surface area contributed by atoms with Crippen molar-refractivity contribution < 1.29 is 10.2 Å². The van der Waals surface area contributed by atoms with Gasteiger partial charge in [-0.15, -0.1) is 0 Å². The van der Waals surface area contributed by atoms with E-state index in [9.17, 15) is 5.11 Å². The standard InChI is InChI=1S/C10H16O2/c1-9(11)5-8-10(12)6-3-2-4-7-10/h9,11-12H,2-4,6-7H2,1H3/t9-/m1/s1. The first-order chi connectivity index (χ1) is 5.62. The van der Waals surface area contributed by atoms with Crippen LogP contribution in [0.2, 0.25) is 0 Å². The highest BCUT2D eigenvalue weighted by Crippen LogP contribution is 2.27. The van der Waals surface area contributed by atoms with Crippen LogP contribution in [-0.2, 0) is 0 Å². The van der Waals surface area contributed by atoms with Crippen molar-refractivity contribution in [3.05, 3.63) is 0 Å². The van der Waals surface area contributed by atoms with E-state index in [1.807, 2.05) is 0 Å². The maximum atomic E-state index is 9.84. The van der Waals surface area contributed by atoms with Crippen LogP contribution in [0.5, 0.6) is 0 Å². The smallest absolute Gasteiger partial charge is 0.125 e. The summed E-state index contributed by atoms with van der Waals surface area (Å²) >= 11 is 0. The molecule has 0 spiro atoms. The lowest BCUT2D eigenvalue weighted by molar-refractivity contribution is 0.0605. The fourth-order valence-corrected chi connectivity index (χ4v) is 1.50. The minimum Gasteiger partial charge on any atom is -0.381 e. The molecule has 1 atom stereocenters. The molecule has 2 N–H and O–H groups in total. The Balaban J connectivity index is 2.53. The molecule has 0 aromatic carbocycles. The van der Waals surface area contributed by atoms with Crippen LogP contribution in [0.3, 0.4) is 0 Å². The third kappa shape index (κ3) is 2.84. The van der Waals surface area contributed by atoms with Gasteiger partial charge in [-0.25, -0.2) is 0 Å². The van der Waals surface area contributed by atoms with E-state index < -0.39 is 11.7 Å². The zero-order valence-electron chi connectivity index (χ0n) is 7.51. The normalized spacial score (nSPS) is 23.9. The van der Waals surface area contributed by atoms with Crippen LogP contribution in [0.25, 0.3) is 0 Å². The molecule has 0 heterocycles. The third-order valence-corrected chi connectivity index (χ3v) is 2.19. The van der Waals surface area contributed by atoms with Crippen LogP contribution in [0.1, 0.15) is 39.0 Å². The zero-order valence-corrected chi connectivity index (χ0v) is 7.51. The third-order valence-electron chi connectivity index (χ3n) is 2.19. The van der Waals surface area contributed by atoms with Crippen LogP contribution in [0.15, 0.2) is 0 Å². The Morgan fingerprint density at radius 1 is 1.25 bits per heavy atom. The number of aliphatic hydroxyl groups excluding tert-OH is 1. The molecule has 1 aliphatic carbocycles. The van der Waals surface area contributed by atoms with Gasteiger partial charge in [0, 0.05) is 0 Å². The van der Waals surface area contributed by atoms with Crippen molar-refractivity contribution in [3.63, 3.8) is 0 Å². The van der Waals surface area contributed by atoms with Crippen molar-refractivity contribution in [2.45, 2.75) is 50.7 Å². The van der Waals surface area contributed by atoms with Crippen molar-refractivity contribution in [2.24, 2.45) is 0 Å². The van der Waals surface area contributed by atoms with E-state index in [-0.39, 0.29) is 0 Å². The first-order valence-electron chi connectivity index (χ1n) is 4.55. The summed E-state index contributed by atoms with van der Waals surface area (Å²) in [5.74, 6) is 5.36.